The summed E-state index contributed by atoms with van der Waals surface area (Å²) in [4.78, 5) is 4.20. The monoisotopic (exact) mass is 179 g/mol. The van der Waals surface area contributed by atoms with E-state index in [1.807, 2.05) is 12.1 Å². The van der Waals surface area contributed by atoms with Crippen LogP contribution in [0.1, 0.15) is 19.0 Å². The van der Waals surface area contributed by atoms with Crippen molar-refractivity contribution in [3.05, 3.63) is 29.8 Å². The van der Waals surface area contributed by atoms with E-state index >= 15 is 0 Å². The molecule has 1 heterocycles. The van der Waals surface area contributed by atoms with E-state index in [2.05, 4.69) is 11.9 Å². The molecule has 0 aliphatic heterocycles. The van der Waals surface area contributed by atoms with Crippen LogP contribution in [0.4, 0.5) is 0 Å². The van der Waals surface area contributed by atoms with Crippen molar-refractivity contribution in [3.63, 3.8) is 0 Å². The highest BCUT2D eigenvalue weighted by Gasteiger charge is 1.93. The second-order valence-corrected chi connectivity index (χ2v) is 2.79. The molecule has 1 aromatic rings. The molecular weight excluding hydrogens is 164 g/mol. The van der Waals surface area contributed by atoms with Gasteiger partial charge in [-0.25, -0.2) is 0 Å². The van der Waals surface area contributed by atoms with Crippen LogP contribution in [-0.4, -0.2) is 18.1 Å². The van der Waals surface area contributed by atoms with Crippen LogP contribution < -0.4 is 4.74 Å². The fraction of sp³-hybridized carbons (Fsp3) is 0.500. The number of rotatable bonds is 5. The average Bonchev–Trinajstić information content (AvgIpc) is 2.19. The lowest BCUT2D eigenvalue weighted by Crippen LogP contribution is -1.99. The number of ether oxygens (including phenoxy) is 1. The molecule has 72 valence electrons. The standard InChI is InChI=1S/C10H15N2O/c1-2-9-4-5-10(8-12-9)13-7-3-6-11/h4-5,8,11H,2-3,6-7H2,1H3/q-1. The van der Waals surface area contributed by atoms with E-state index in [4.69, 9.17) is 10.5 Å². The molecule has 3 nitrogen and oxygen atoms in total. The Morgan fingerprint density at radius 2 is 2.31 bits per heavy atom. The molecule has 1 rings (SSSR count). The van der Waals surface area contributed by atoms with Crippen LogP contribution in [0, 0.1) is 0 Å². The lowest BCUT2D eigenvalue weighted by molar-refractivity contribution is 0.315. The van der Waals surface area contributed by atoms with Crippen molar-refractivity contribution < 1.29 is 4.74 Å². The minimum absolute atomic E-state index is 0.417. The van der Waals surface area contributed by atoms with Crippen molar-refractivity contribution in [2.45, 2.75) is 19.8 Å². The lowest BCUT2D eigenvalue weighted by atomic mass is 10.3. The molecule has 0 atom stereocenters. The fourth-order valence-corrected chi connectivity index (χ4v) is 0.968. The van der Waals surface area contributed by atoms with E-state index in [0.717, 1.165) is 24.3 Å². The van der Waals surface area contributed by atoms with Gasteiger partial charge in [-0.1, -0.05) is 6.92 Å². The van der Waals surface area contributed by atoms with Gasteiger partial charge < -0.3 is 10.5 Å². The molecule has 0 amide bonds. The number of nitrogens with zero attached hydrogens (tertiary/aromatic N) is 1. The normalized spacial score (nSPS) is 10.0. The quantitative estimate of drug-likeness (QED) is 0.652. The van der Waals surface area contributed by atoms with Crippen molar-refractivity contribution in [1.29, 1.82) is 0 Å². The minimum atomic E-state index is 0.417. The van der Waals surface area contributed by atoms with Gasteiger partial charge in [-0.15, -0.1) is 6.54 Å². The number of pyridine rings is 1. The Kier molecular flexibility index (Phi) is 4.26. The Balaban J connectivity index is 2.40. The maximum absolute atomic E-state index is 6.94. The fourth-order valence-electron chi connectivity index (χ4n) is 0.968. The van der Waals surface area contributed by atoms with Gasteiger partial charge in [-0.2, -0.15) is 0 Å². The Morgan fingerprint density at radius 3 is 2.85 bits per heavy atom. The second-order valence-electron chi connectivity index (χ2n) is 2.79. The first-order valence-electron chi connectivity index (χ1n) is 4.59. The van der Waals surface area contributed by atoms with E-state index < -0.39 is 0 Å². The molecule has 0 aromatic carbocycles. The third-order valence-electron chi connectivity index (χ3n) is 1.75. The van der Waals surface area contributed by atoms with Crippen LogP contribution in [-0.2, 0) is 6.42 Å². The molecular formula is C10H15N2O-. The van der Waals surface area contributed by atoms with Crippen LogP contribution in [0.15, 0.2) is 18.3 Å². The Hall–Kier alpha value is -1.09. The molecule has 0 aliphatic carbocycles. The number of nitrogens with one attached hydrogen (secondary N) is 1. The van der Waals surface area contributed by atoms with E-state index in [9.17, 15) is 0 Å². The summed E-state index contributed by atoms with van der Waals surface area (Å²) < 4.78 is 5.36. The molecule has 0 saturated heterocycles. The molecule has 0 radical (unpaired) electrons. The summed E-state index contributed by atoms with van der Waals surface area (Å²) in [6.07, 6.45) is 3.46. The largest absolute Gasteiger partial charge is 0.677 e. The number of hydrogen-bond donors (Lipinski definition) is 0. The molecule has 0 saturated carbocycles. The second kappa shape index (κ2) is 5.54. The first kappa shape index (κ1) is 9.99. The highest BCUT2D eigenvalue weighted by atomic mass is 16.5. The minimum Gasteiger partial charge on any atom is -0.677 e. The van der Waals surface area contributed by atoms with Crippen molar-refractivity contribution in [2.24, 2.45) is 0 Å². The number of hydrogen-bond acceptors (Lipinski definition) is 2. The maximum Gasteiger partial charge on any atom is 0.137 e. The molecule has 1 N–H and O–H groups in total. The zero-order chi connectivity index (χ0) is 9.52. The summed E-state index contributed by atoms with van der Waals surface area (Å²) in [5.74, 6) is 0.797. The van der Waals surface area contributed by atoms with Crippen molar-refractivity contribution in [1.82, 2.24) is 4.98 Å². The van der Waals surface area contributed by atoms with E-state index in [1.54, 1.807) is 6.20 Å². The van der Waals surface area contributed by atoms with Gasteiger partial charge in [0.15, 0.2) is 0 Å². The van der Waals surface area contributed by atoms with Crippen molar-refractivity contribution in [2.75, 3.05) is 13.2 Å². The van der Waals surface area contributed by atoms with E-state index in [1.165, 1.54) is 0 Å². The first-order chi connectivity index (χ1) is 6.36. The molecule has 0 spiro atoms. The summed E-state index contributed by atoms with van der Waals surface area (Å²) >= 11 is 0. The van der Waals surface area contributed by atoms with Gasteiger partial charge in [0.05, 0.1) is 12.8 Å². The number of aromatic nitrogens is 1. The Labute approximate surface area is 78.9 Å². The maximum atomic E-state index is 6.94. The van der Waals surface area contributed by atoms with Gasteiger partial charge in [0.1, 0.15) is 5.75 Å². The van der Waals surface area contributed by atoms with Gasteiger partial charge in [-0.05, 0) is 25.0 Å². The molecule has 1 aromatic heterocycles. The zero-order valence-electron chi connectivity index (χ0n) is 7.92. The van der Waals surface area contributed by atoms with Gasteiger partial charge in [0.2, 0.25) is 0 Å². The summed E-state index contributed by atoms with van der Waals surface area (Å²) in [6, 6.07) is 3.89. The predicted octanol–water partition coefficient (Wildman–Crippen LogP) is 2.47. The van der Waals surface area contributed by atoms with Crippen LogP contribution in [0.3, 0.4) is 0 Å². The molecule has 13 heavy (non-hydrogen) atoms. The SMILES string of the molecule is CCc1ccc(OCCC[NH-])cn1. The van der Waals surface area contributed by atoms with Gasteiger partial charge in [0, 0.05) is 5.69 Å². The summed E-state index contributed by atoms with van der Waals surface area (Å²) in [5, 5.41) is 0. The third kappa shape index (κ3) is 3.42. The summed E-state index contributed by atoms with van der Waals surface area (Å²) in [6.45, 7) is 3.10. The smallest absolute Gasteiger partial charge is 0.137 e. The highest BCUT2D eigenvalue weighted by Crippen LogP contribution is 2.09. The van der Waals surface area contributed by atoms with Gasteiger partial charge >= 0.3 is 0 Å². The average molecular weight is 179 g/mol. The van der Waals surface area contributed by atoms with Gasteiger partial charge in [0.25, 0.3) is 0 Å². The van der Waals surface area contributed by atoms with Crippen molar-refractivity contribution >= 4 is 0 Å². The van der Waals surface area contributed by atoms with Crippen LogP contribution >= 0.6 is 0 Å². The molecule has 0 bridgehead atoms. The lowest BCUT2D eigenvalue weighted by Gasteiger charge is -2.06. The third-order valence-corrected chi connectivity index (χ3v) is 1.75. The highest BCUT2D eigenvalue weighted by molar-refractivity contribution is 5.19. The Bertz CT molecular complexity index is 233. The number of aryl methyl sites for hydroxylation is 1. The van der Waals surface area contributed by atoms with E-state index in [-0.39, 0.29) is 0 Å². The Morgan fingerprint density at radius 1 is 1.46 bits per heavy atom. The summed E-state index contributed by atoms with van der Waals surface area (Å²) in [7, 11) is 0. The van der Waals surface area contributed by atoms with Crippen LogP contribution in [0.2, 0.25) is 0 Å². The predicted molar refractivity (Wildman–Crippen MR) is 52.9 cm³/mol. The first-order valence-corrected chi connectivity index (χ1v) is 4.59. The van der Waals surface area contributed by atoms with Crippen molar-refractivity contribution in [3.8, 4) is 5.75 Å². The zero-order valence-corrected chi connectivity index (χ0v) is 7.92. The summed E-state index contributed by atoms with van der Waals surface area (Å²) in [5.41, 5.74) is 8.01. The molecule has 0 unspecified atom stereocenters. The van der Waals surface area contributed by atoms with E-state index in [0.29, 0.717) is 13.2 Å². The molecule has 3 heteroatoms. The molecule has 0 aliphatic rings. The van der Waals surface area contributed by atoms with Gasteiger partial charge in [-0.3, -0.25) is 4.98 Å². The van der Waals surface area contributed by atoms with Crippen LogP contribution in [0.25, 0.3) is 5.73 Å². The topological polar surface area (TPSA) is 45.9 Å². The van der Waals surface area contributed by atoms with Crippen LogP contribution in [0.5, 0.6) is 5.75 Å². The molecule has 0 fully saturated rings.